The first-order valence-electron chi connectivity index (χ1n) is 8.21. The highest BCUT2D eigenvalue weighted by Crippen LogP contribution is 2.22. The first-order valence-corrected chi connectivity index (χ1v) is 9.20. The fraction of sp³-hybridized carbons (Fsp3) is 0.333. The largest absolute Gasteiger partial charge is 0.472 e. The number of carbonyl (C=O) groups is 2. The molecule has 8 heteroatoms. The molecule has 2 heterocycles. The van der Waals surface area contributed by atoms with Crippen LogP contribution >= 0.6 is 11.8 Å². The second-order valence-corrected chi connectivity index (χ2v) is 7.03. The fourth-order valence-electron chi connectivity index (χ4n) is 2.80. The Labute approximate surface area is 153 Å². The molecule has 1 aromatic heterocycles. The van der Waals surface area contributed by atoms with E-state index in [1.54, 1.807) is 11.0 Å². The van der Waals surface area contributed by atoms with E-state index in [4.69, 9.17) is 4.42 Å². The van der Waals surface area contributed by atoms with Crippen LogP contribution < -0.4 is 5.32 Å². The average Bonchev–Trinajstić information content (AvgIpc) is 3.16. The molecular weight excluding hydrogens is 362 g/mol. The van der Waals surface area contributed by atoms with Crippen LogP contribution in [0.2, 0.25) is 0 Å². The minimum Gasteiger partial charge on any atom is -0.472 e. The van der Waals surface area contributed by atoms with Crippen molar-refractivity contribution in [3.8, 4) is 0 Å². The molecule has 0 atom stereocenters. The summed E-state index contributed by atoms with van der Waals surface area (Å²) in [4.78, 5) is 26.2. The molecule has 0 unspecified atom stereocenters. The van der Waals surface area contributed by atoms with Gasteiger partial charge in [-0.15, -0.1) is 11.8 Å². The number of benzene rings is 1. The lowest BCUT2D eigenvalue weighted by Gasteiger charge is -2.32. The topological polar surface area (TPSA) is 62.6 Å². The molecule has 1 aliphatic heterocycles. The molecule has 26 heavy (non-hydrogen) atoms. The molecule has 1 aromatic carbocycles. The molecule has 1 aliphatic rings. The van der Waals surface area contributed by atoms with Crippen molar-refractivity contribution in [2.75, 3.05) is 18.8 Å². The number of nitrogens with zero attached hydrogens (tertiary/aromatic N) is 1. The smallest absolute Gasteiger partial charge is 0.257 e. The molecule has 0 radical (unpaired) electrons. The number of rotatable bonds is 5. The minimum absolute atomic E-state index is 0.0189. The van der Waals surface area contributed by atoms with Gasteiger partial charge in [0.15, 0.2) is 0 Å². The van der Waals surface area contributed by atoms with Crippen LogP contribution in [0.15, 0.2) is 46.1 Å². The molecule has 2 aromatic rings. The Morgan fingerprint density at radius 2 is 2.00 bits per heavy atom. The van der Waals surface area contributed by atoms with E-state index in [9.17, 15) is 18.4 Å². The van der Waals surface area contributed by atoms with Gasteiger partial charge in [-0.3, -0.25) is 9.59 Å². The third-order valence-corrected chi connectivity index (χ3v) is 5.22. The number of piperidine rings is 1. The van der Waals surface area contributed by atoms with Gasteiger partial charge in [0.1, 0.15) is 17.9 Å². The maximum absolute atomic E-state index is 13.6. The average molecular weight is 380 g/mol. The van der Waals surface area contributed by atoms with Gasteiger partial charge in [-0.1, -0.05) is 0 Å². The Kier molecular flexibility index (Phi) is 5.92. The monoisotopic (exact) mass is 380 g/mol. The molecule has 0 spiro atoms. The fourth-order valence-corrected chi connectivity index (χ4v) is 3.53. The Balaban J connectivity index is 1.42. The van der Waals surface area contributed by atoms with Crippen molar-refractivity contribution in [2.45, 2.75) is 23.8 Å². The number of likely N-dealkylation sites (tertiary alicyclic amines) is 1. The second-order valence-electron chi connectivity index (χ2n) is 6.01. The predicted molar refractivity (Wildman–Crippen MR) is 92.9 cm³/mol. The lowest BCUT2D eigenvalue weighted by atomic mass is 10.0. The molecular formula is C18H18F2N2O3S. The van der Waals surface area contributed by atoms with Crippen molar-refractivity contribution in [1.82, 2.24) is 10.2 Å². The molecule has 1 saturated heterocycles. The van der Waals surface area contributed by atoms with E-state index in [1.165, 1.54) is 18.6 Å². The number of thioether (sulfide) groups is 1. The minimum atomic E-state index is -0.672. The van der Waals surface area contributed by atoms with E-state index in [0.717, 1.165) is 23.9 Å². The molecule has 3 rings (SSSR count). The van der Waals surface area contributed by atoms with Crippen molar-refractivity contribution < 1.29 is 22.8 Å². The van der Waals surface area contributed by atoms with Gasteiger partial charge < -0.3 is 14.6 Å². The maximum Gasteiger partial charge on any atom is 0.257 e. The van der Waals surface area contributed by atoms with Gasteiger partial charge in [-0.2, -0.15) is 0 Å². The van der Waals surface area contributed by atoms with E-state index in [2.05, 4.69) is 5.32 Å². The summed E-state index contributed by atoms with van der Waals surface area (Å²) < 4.78 is 31.4. The lowest BCUT2D eigenvalue weighted by molar-refractivity contribution is -0.119. The number of hydrogen-bond donors (Lipinski definition) is 1. The van der Waals surface area contributed by atoms with Crippen molar-refractivity contribution in [3.05, 3.63) is 54.0 Å². The first kappa shape index (κ1) is 18.4. The van der Waals surface area contributed by atoms with Crippen LogP contribution in [0.3, 0.4) is 0 Å². The number of furan rings is 1. The van der Waals surface area contributed by atoms with Crippen LogP contribution in [0, 0.1) is 11.6 Å². The summed E-state index contributed by atoms with van der Waals surface area (Å²) in [6.07, 6.45) is 4.19. The number of nitrogens with one attached hydrogen (secondary N) is 1. The maximum atomic E-state index is 13.6. The van der Waals surface area contributed by atoms with Gasteiger partial charge in [0, 0.05) is 30.1 Å². The predicted octanol–water partition coefficient (Wildman–Crippen LogP) is 3.07. The summed E-state index contributed by atoms with van der Waals surface area (Å²) in [6.45, 7) is 1.10. The third kappa shape index (κ3) is 4.63. The summed E-state index contributed by atoms with van der Waals surface area (Å²) in [5.74, 6) is -1.55. The van der Waals surface area contributed by atoms with E-state index < -0.39 is 11.6 Å². The van der Waals surface area contributed by atoms with Gasteiger partial charge in [-0.25, -0.2) is 8.78 Å². The molecule has 1 fully saturated rings. The molecule has 0 bridgehead atoms. The summed E-state index contributed by atoms with van der Waals surface area (Å²) in [7, 11) is 0. The Morgan fingerprint density at radius 1 is 1.23 bits per heavy atom. The number of hydrogen-bond acceptors (Lipinski definition) is 4. The van der Waals surface area contributed by atoms with Crippen LogP contribution in [0.25, 0.3) is 0 Å². The Bertz CT molecular complexity index is 775. The first-order chi connectivity index (χ1) is 12.5. The van der Waals surface area contributed by atoms with Gasteiger partial charge in [-0.05, 0) is 31.0 Å². The van der Waals surface area contributed by atoms with Crippen molar-refractivity contribution in [3.63, 3.8) is 0 Å². The van der Waals surface area contributed by atoms with E-state index in [0.29, 0.717) is 31.5 Å². The van der Waals surface area contributed by atoms with Crippen molar-refractivity contribution in [2.24, 2.45) is 0 Å². The van der Waals surface area contributed by atoms with Crippen LogP contribution in [0.1, 0.15) is 23.2 Å². The highest BCUT2D eigenvalue weighted by atomic mass is 32.2. The van der Waals surface area contributed by atoms with Crippen LogP contribution in [-0.4, -0.2) is 41.6 Å². The standard InChI is InChI=1S/C18H18F2N2O3S/c19-13-1-2-16(15(20)9-13)26-11-17(23)21-14-3-6-22(7-4-14)18(24)12-5-8-25-10-12/h1-2,5,8-10,14H,3-4,6-7,11H2,(H,21,23). The van der Waals surface area contributed by atoms with Gasteiger partial charge in [0.05, 0.1) is 17.6 Å². The van der Waals surface area contributed by atoms with Crippen LogP contribution in [-0.2, 0) is 4.79 Å². The second kappa shape index (κ2) is 8.35. The zero-order valence-corrected chi connectivity index (χ0v) is 14.7. The van der Waals surface area contributed by atoms with Crippen molar-refractivity contribution >= 4 is 23.6 Å². The Morgan fingerprint density at radius 3 is 2.65 bits per heavy atom. The zero-order chi connectivity index (χ0) is 18.5. The molecule has 2 amide bonds. The Hall–Kier alpha value is -2.35. The molecule has 138 valence electrons. The molecule has 1 N–H and O–H groups in total. The van der Waals surface area contributed by atoms with Crippen LogP contribution in [0.4, 0.5) is 8.78 Å². The molecule has 5 nitrogen and oxygen atoms in total. The summed E-state index contributed by atoms with van der Waals surface area (Å²) in [5.41, 5.74) is 0.519. The zero-order valence-electron chi connectivity index (χ0n) is 13.9. The summed E-state index contributed by atoms with van der Waals surface area (Å²) in [5, 5.41) is 2.90. The summed E-state index contributed by atoms with van der Waals surface area (Å²) >= 11 is 1.03. The van der Waals surface area contributed by atoms with E-state index in [1.807, 2.05) is 0 Å². The number of halogens is 2. The van der Waals surface area contributed by atoms with Crippen LogP contribution in [0.5, 0.6) is 0 Å². The third-order valence-electron chi connectivity index (χ3n) is 4.17. The highest BCUT2D eigenvalue weighted by Gasteiger charge is 2.25. The SMILES string of the molecule is O=C(CSc1ccc(F)cc1F)NC1CCN(C(=O)c2ccoc2)CC1. The number of amides is 2. The van der Waals surface area contributed by atoms with Gasteiger partial charge in [0.2, 0.25) is 5.91 Å². The molecule has 0 saturated carbocycles. The lowest BCUT2D eigenvalue weighted by Crippen LogP contribution is -2.46. The van der Waals surface area contributed by atoms with Gasteiger partial charge >= 0.3 is 0 Å². The van der Waals surface area contributed by atoms with E-state index >= 15 is 0 Å². The van der Waals surface area contributed by atoms with Crippen molar-refractivity contribution in [1.29, 1.82) is 0 Å². The van der Waals surface area contributed by atoms with E-state index in [-0.39, 0.29) is 28.5 Å². The quantitative estimate of drug-likeness (QED) is 0.810. The molecule has 0 aliphatic carbocycles. The van der Waals surface area contributed by atoms with Gasteiger partial charge in [0.25, 0.3) is 5.91 Å². The summed E-state index contributed by atoms with van der Waals surface area (Å²) in [6, 6.07) is 4.89. The highest BCUT2D eigenvalue weighted by molar-refractivity contribution is 8.00. The normalized spacial score (nSPS) is 15.1. The number of carbonyl (C=O) groups excluding carboxylic acids is 2.